The molecule has 5 heteroatoms. The normalized spacial score (nSPS) is 11.0. The van der Waals surface area contributed by atoms with Crippen molar-refractivity contribution in [3.05, 3.63) is 90.7 Å². The van der Waals surface area contributed by atoms with Gasteiger partial charge in [0.2, 0.25) is 0 Å². The van der Waals surface area contributed by atoms with E-state index in [0.29, 0.717) is 0 Å². The first-order valence-electron chi connectivity index (χ1n) is 7.65. The Morgan fingerprint density at radius 2 is 0.960 bits per heavy atom. The molecule has 0 bridgehead atoms. The number of hydrogen-bond donors (Lipinski definition) is 0. The summed E-state index contributed by atoms with van der Waals surface area (Å²) in [6.45, 7) is 0. The van der Waals surface area contributed by atoms with Crippen molar-refractivity contribution in [3.8, 4) is 0 Å². The summed E-state index contributed by atoms with van der Waals surface area (Å²) in [7, 11) is 0. The number of halogens is 1. The average molecular weight is 510 g/mol. The summed E-state index contributed by atoms with van der Waals surface area (Å²) in [5.41, 5.74) is 0. The Morgan fingerprint density at radius 3 is 1.40 bits per heavy atom. The number of benzene rings is 2. The van der Waals surface area contributed by atoms with Crippen molar-refractivity contribution in [3.63, 3.8) is 0 Å². The molecule has 0 atom stereocenters. The fraction of sp³-hybridized carbons (Fsp3) is 0. The van der Waals surface area contributed by atoms with Crippen LogP contribution in [0.25, 0.3) is 0 Å². The van der Waals surface area contributed by atoms with Crippen LogP contribution in [0, 0.1) is 5.77 Å². The average Bonchev–Trinajstić information content (AvgIpc) is 3.27. The van der Waals surface area contributed by atoms with E-state index in [1.165, 1.54) is 24.0 Å². The molecule has 0 fully saturated rings. The summed E-state index contributed by atoms with van der Waals surface area (Å²) in [6, 6.07) is 30.4. The Hall–Kier alpha value is -0.730. The van der Waals surface area contributed by atoms with Gasteiger partial charge in [-0.05, 0) is 0 Å². The van der Waals surface area contributed by atoms with Crippen LogP contribution < -0.4 is 21.2 Å². The molecule has 4 rings (SSSR count). The second kappa shape index (κ2) is 8.77. The third kappa shape index (κ3) is 5.14. The van der Waals surface area contributed by atoms with Crippen LogP contribution in [0.15, 0.2) is 103 Å². The molecule has 0 aliphatic carbocycles. The van der Waals surface area contributed by atoms with E-state index in [1.54, 1.807) is 0 Å². The molecule has 0 aliphatic rings. The minimum atomic E-state index is -0.0717. The quantitative estimate of drug-likeness (QED) is 0.357. The van der Waals surface area contributed by atoms with Crippen LogP contribution in [0.4, 0.5) is 0 Å². The van der Waals surface area contributed by atoms with E-state index < -0.39 is 0 Å². The molecule has 0 saturated carbocycles. The van der Waals surface area contributed by atoms with Crippen molar-refractivity contribution in [1.29, 1.82) is 0 Å². The van der Waals surface area contributed by atoms with E-state index in [9.17, 15) is 0 Å². The molecular formula is C20H14IS4-. The van der Waals surface area contributed by atoms with Gasteiger partial charge in [0.15, 0.2) is 0 Å². The van der Waals surface area contributed by atoms with Crippen molar-refractivity contribution in [2.75, 3.05) is 0 Å². The van der Waals surface area contributed by atoms with Gasteiger partial charge in [-0.15, -0.1) is 0 Å². The van der Waals surface area contributed by atoms with Gasteiger partial charge in [-0.2, -0.15) is 0 Å². The first-order chi connectivity index (χ1) is 12.3. The van der Waals surface area contributed by atoms with Crippen molar-refractivity contribution in [2.24, 2.45) is 0 Å². The molecule has 0 aliphatic heterocycles. The second-order valence-electron chi connectivity index (χ2n) is 5.04. The van der Waals surface area contributed by atoms with Crippen molar-refractivity contribution >= 4 is 46.2 Å². The SMILES string of the molecule is c1ccc(Sc2ccc([I-]c3ccc(Sc4ccccc4)s3)s2)cc1. The summed E-state index contributed by atoms with van der Waals surface area (Å²) >= 11 is 7.55. The number of rotatable bonds is 6. The van der Waals surface area contributed by atoms with Crippen LogP contribution >= 0.6 is 46.2 Å². The standard InChI is InChI=1S/C20H14IS4/c1-3-7-15(8-4-1)22-19-13-11-17(24-19)21-18-12-14-20(25-18)23-16-9-5-2-6-10-16/h1-14H/q-1. The summed E-state index contributed by atoms with van der Waals surface area (Å²) < 4.78 is 5.85. The molecule has 0 radical (unpaired) electrons. The molecule has 2 aromatic carbocycles. The van der Waals surface area contributed by atoms with Crippen LogP contribution in [-0.4, -0.2) is 0 Å². The Labute approximate surface area is 175 Å². The molecule has 25 heavy (non-hydrogen) atoms. The maximum atomic E-state index is 2.31. The van der Waals surface area contributed by atoms with Gasteiger partial charge in [-0.1, -0.05) is 0 Å². The topological polar surface area (TPSA) is 0 Å². The van der Waals surface area contributed by atoms with Gasteiger partial charge in [0.25, 0.3) is 0 Å². The Bertz CT molecular complexity index is 851. The minimum absolute atomic E-state index is 0.0717. The van der Waals surface area contributed by atoms with Gasteiger partial charge in [-0.3, -0.25) is 0 Å². The van der Waals surface area contributed by atoms with Crippen LogP contribution in [0.1, 0.15) is 0 Å². The third-order valence-corrected chi connectivity index (χ3v) is 11.4. The zero-order valence-electron chi connectivity index (χ0n) is 13.1. The molecule has 2 aromatic heterocycles. The van der Waals surface area contributed by atoms with E-state index in [-0.39, 0.29) is 21.2 Å². The van der Waals surface area contributed by atoms with Crippen LogP contribution in [0.2, 0.25) is 0 Å². The predicted octanol–water partition coefficient (Wildman–Crippen LogP) is 4.24. The number of thiophene rings is 2. The van der Waals surface area contributed by atoms with Crippen molar-refractivity contribution in [2.45, 2.75) is 18.2 Å². The molecule has 0 amide bonds. The van der Waals surface area contributed by atoms with E-state index in [0.717, 1.165) is 0 Å². The fourth-order valence-electron chi connectivity index (χ4n) is 2.11. The maximum absolute atomic E-state index is 2.31. The van der Waals surface area contributed by atoms with Crippen molar-refractivity contribution < 1.29 is 21.2 Å². The fourth-order valence-corrected chi connectivity index (χ4v) is 11.6. The Kier molecular flexibility index (Phi) is 6.20. The summed E-state index contributed by atoms with van der Waals surface area (Å²) in [6.07, 6.45) is 0. The Morgan fingerprint density at radius 1 is 0.520 bits per heavy atom. The molecule has 0 nitrogen and oxygen atoms in total. The van der Waals surface area contributed by atoms with E-state index in [4.69, 9.17) is 0 Å². The van der Waals surface area contributed by atoms with Crippen LogP contribution in [0.3, 0.4) is 0 Å². The monoisotopic (exact) mass is 509 g/mol. The second-order valence-corrected chi connectivity index (χ2v) is 14.3. The predicted molar refractivity (Wildman–Crippen MR) is 107 cm³/mol. The summed E-state index contributed by atoms with van der Waals surface area (Å²) in [5, 5.41) is 0. The van der Waals surface area contributed by atoms with Crippen LogP contribution in [0.5, 0.6) is 0 Å². The van der Waals surface area contributed by atoms with Crippen LogP contribution in [-0.2, 0) is 0 Å². The molecule has 0 saturated heterocycles. The molecule has 0 spiro atoms. The molecule has 0 N–H and O–H groups in total. The summed E-state index contributed by atoms with van der Waals surface area (Å²) in [4.78, 5) is 2.62. The molecule has 126 valence electrons. The number of hydrogen-bond acceptors (Lipinski definition) is 4. The first-order valence-corrected chi connectivity index (χ1v) is 13.1. The van der Waals surface area contributed by atoms with Crippen molar-refractivity contribution in [1.82, 2.24) is 0 Å². The van der Waals surface area contributed by atoms with Gasteiger partial charge >= 0.3 is 176 Å². The molecule has 4 aromatic rings. The summed E-state index contributed by atoms with van der Waals surface area (Å²) in [5.74, 6) is 0. The Balaban J connectivity index is 1.39. The van der Waals surface area contributed by atoms with Gasteiger partial charge in [0.05, 0.1) is 0 Å². The van der Waals surface area contributed by atoms with Gasteiger partial charge < -0.3 is 0 Å². The molecule has 2 heterocycles. The van der Waals surface area contributed by atoms with E-state index in [1.807, 2.05) is 46.2 Å². The van der Waals surface area contributed by atoms with E-state index >= 15 is 0 Å². The van der Waals surface area contributed by atoms with Gasteiger partial charge in [-0.25, -0.2) is 0 Å². The van der Waals surface area contributed by atoms with E-state index in [2.05, 4.69) is 84.9 Å². The third-order valence-electron chi connectivity index (χ3n) is 3.21. The molecular weight excluding hydrogens is 495 g/mol. The van der Waals surface area contributed by atoms with Gasteiger partial charge in [0.1, 0.15) is 0 Å². The zero-order chi connectivity index (χ0) is 16.9. The zero-order valence-corrected chi connectivity index (χ0v) is 18.5. The first kappa shape index (κ1) is 17.7. The molecule has 0 unspecified atom stereocenters. The van der Waals surface area contributed by atoms with Gasteiger partial charge in [0, 0.05) is 0 Å².